The van der Waals surface area contributed by atoms with Gasteiger partial charge < -0.3 is 10.6 Å². The highest BCUT2D eigenvalue weighted by Gasteiger charge is 2.22. The lowest BCUT2D eigenvalue weighted by Crippen LogP contribution is -2.45. The van der Waals surface area contributed by atoms with Crippen LogP contribution in [0.3, 0.4) is 0 Å². The summed E-state index contributed by atoms with van der Waals surface area (Å²) in [5.74, 6) is 2.11. The highest BCUT2D eigenvalue weighted by molar-refractivity contribution is 14.0. The third kappa shape index (κ3) is 5.82. The Balaban J connectivity index is 0.00000288. The Bertz CT molecular complexity index is 541. The summed E-state index contributed by atoms with van der Waals surface area (Å²) in [4.78, 5) is 4.39. The minimum atomic E-state index is 0. The molecule has 1 heterocycles. The summed E-state index contributed by atoms with van der Waals surface area (Å²) >= 11 is 2.10. The van der Waals surface area contributed by atoms with Gasteiger partial charge in [0.15, 0.2) is 5.96 Å². The molecule has 1 fully saturated rings. The van der Waals surface area contributed by atoms with Crippen LogP contribution in [0.1, 0.15) is 49.6 Å². The molecule has 1 saturated carbocycles. The average molecular weight is 465 g/mol. The van der Waals surface area contributed by atoms with Gasteiger partial charge in [-0.2, -0.15) is 16.9 Å². The van der Waals surface area contributed by atoms with Gasteiger partial charge in [0.1, 0.15) is 0 Å². The molecule has 0 spiro atoms. The third-order valence-electron chi connectivity index (χ3n) is 4.68. The number of aliphatic imine (C=N–C) groups is 1. The van der Waals surface area contributed by atoms with Crippen molar-refractivity contribution in [3.05, 3.63) is 17.0 Å². The van der Waals surface area contributed by atoms with Crippen LogP contribution < -0.4 is 10.6 Å². The number of nitrogens with zero attached hydrogens (tertiary/aromatic N) is 3. The molecular formula is C17H32IN5S. The summed E-state index contributed by atoms with van der Waals surface area (Å²) < 4.78 is 1.94. The summed E-state index contributed by atoms with van der Waals surface area (Å²) in [7, 11) is 3.84. The van der Waals surface area contributed by atoms with Gasteiger partial charge in [0.05, 0.1) is 5.69 Å². The molecule has 0 saturated heterocycles. The van der Waals surface area contributed by atoms with Crippen LogP contribution in [-0.2, 0) is 13.6 Å². The van der Waals surface area contributed by atoms with Gasteiger partial charge in [-0.05, 0) is 38.9 Å². The number of hydrogen-bond donors (Lipinski definition) is 2. The van der Waals surface area contributed by atoms with Gasteiger partial charge in [0.25, 0.3) is 0 Å². The van der Waals surface area contributed by atoms with Crippen LogP contribution in [0.25, 0.3) is 0 Å². The molecule has 24 heavy (non-hydrogen) atoms. The van der Waals surface area contributed by atoms with Gasteiger partial charge >= 0.3 is 0 Å². The molecule has 0 bridgehead atoms. The lowest BCUT2D eigenvalue weighted by molar-refractivity contribution is 0.419. The molecule has 2 unspecified atom stereocenters. The molecule has 1 aliphatic carbocycles. The number of guanidine groups is 1. The number of thioether (sulfide) groups is 1. The van der Waals surface area contributed by atoms with E-state index in [9.17, 15) is 0 Å². The molecule has 0 amide bonds. The number of aryl methyl sites for hydroxylation is 2. The lowest BCUT2D eigenvalue weighted by atomic mass is 9.95. The van der Waals surface area contributed by atoms with Gasteiger partial charge in [-0.1, -0.05) is 13.3 Å². The molecular weight excluding hydrogens is 433 g/mol. The Morgan fingerprint density at radius 1 is 1.38 bits per heavy atom. The molecule has 0 radical (unpaired) electrons. The van der Waals surface area contributed by atoms with Crippen molar-refractivity contribution in [2.24, 2.45) is 12.0 Å². The number of nitrogens with one attached hydrogen (secondary N) is 2. The Labute approximate surface area is 167 Å². The fourth-order valence-corrected chi connectivity index (χ4v) is 4.47. The van der Waals surface area contributed by atoms with E-state index in [1.165, 1.54) is 42.7 Å². The first-order valence-electron chi connectivity index (χ1n) is 8.63. The maximum absolute atomic E-state index is 4.47. The van der Waals surface area contributed by atoms with E-state index in [0.29, 0.717) is 6.04 Å². The topological polar surface area (TPSA) is 54.2 Å². The fraction of sp³-hybridized carbons (Fsp3) is 0.765. The number of rotatable bonds is 5. The molecule has 5 nitrogen and oxygen atoms in total. The van der Waals surface area contributed by atoms with Crippen molar-refractivity contribution in [3.63, 3.8) is 0 Å². The van der Waals surface area contributed by atoms with E-state index in [0.717, 1.165) is 23.4 Å². The van der Waals surface area contributed by atoms with Crippen molar-refractivity contribution in [1.29, 1.82) is 0 Å². The molecule has 2 rings (SSSR count). The normalized spacial score (nSPS) is 21.3. The van der Waals surface area contributed by atoms with Crippen molar-refractivity contribution in [2.45, 2.75) is 64.3 Å². The van der Waals surface area contributed by atoms with Crippen LogP contribution in [0, 0.1) is 13.8 Å². The van der Waals surface area contributed by atoms with Gasteiger partial charge in [-0.25, -0.2) is 0 Å². The fourth-order valence-electron chi connectivity index (χ4n) is 3.30. The maximum atomic E-state index is 4.47. The van der Waals surface area contributed by atoms with Gasteiger partial charge in [-0.3, -0.25) is 9.67 Å². The van der Waals surface area contributed by atoms with Crippen molar-refractivity contribution in [3.8, 4) is 0 Å². The SMILES string of the molecule is CCSC1CCCC(NC(=NC)NCc2c(C)nn(C)c2C)C1.I. The first-order chi connectivity index (χ1) is 11.0. The average Bonchev–Trinajstić information content (AvgIpc) is 2.77. The molecule has 1 aromatic rings. The Hall–Kier alpha value is -0.440. The largest absolute Gasteiger partial charge is 0.354 e. The predicted molar refractivity (Wildman–Crippen MR) is 116 cm³/mol. The first-order valence-corrected chi connectivity index (χ1v) is 9.67. The van der Waals surface area contributed by atoms with Crippen LogP contribution >= 0.6 is 35.7 Å². The maximum Gasteiger partial charge on any atom is 0.191 e. The first kappa shape index (κ1) is 21.6. The van der Waals surface area contributed by atoms with E-state index in [1.807, 2.05) is 18.8 Å². The lowest BCUT2D eigenvalue weighted by Gasteiger charge is -2.30. The summed E-state index contributed by atoms with van der Waals surface area (Å²) in [5.41, 5.74) is 3.56. The number of aromatic nitrogens is 2. The Morgan fingerprint density at radius 3 is 2.71 bits per heavy atom. The summed E-state index contributed by atoms with van der Waals surface area (Å²) in [6.07, 6.45) is 5.15. The molecule has 2 N–H and O–H groups in total. The summed E-state index contributed by atoms with van der Waals surface area (Å²) in [6, 6.07) is 0.537. The van der Waals surface area contributed by atoms with Crippen molar-refractivity contribution in [1.82, 2.24) is 20.4 Å². The minimum Gasteiger partial charge on any atom is -0.354 e. The van der Waals surface area contributed by atoms with E-state index < -0.39 is 0 Å². The number of halogens is 1. The molecule has 1 aromatic heterocycles. The number of hydrogen-bond acceptors (Lipinski definition) is 3. The molecule has 0 aromatic carbocycles. The minimum absolute atomic E-state index is 0. The highest BCUT2D eigenvalue weighted by atomic mass is 127. The molecule has 7 heteroatoms. The van der Waals surface area contributed by atoms with Gasteiger partial charge in [0.2, 0.25) is 0 Å². The standard InChI is InChI=1S/C17H31N5S.HI/c1-6-23-15-9-7-8-14(10-15)20-17(18-4)19-11-16-12(2)21-22(5)13(16)3;/h14-15H,6-11H2,1-5H3,(H2,18,19,20);1H. The van der Waals surface area contributed by atoms with Crippen molar-refractivity contribution >= 4 is 41.7 Å². The Kier molecular flexibility index (Phi) is 9.48. The van der Waals surface area contributed by atoms with Crippen LogP contribution in [0.15, 0.2) is 4.99 Å². The Morgan fingerprint density at radius 2 is 2.12 bits per heavy atom. The second-order valence-electron chi connectivity index (χ2n) is 6.28. The van der Waals surface area contributed by atoms with E-state index in [-0.39, 0.29) is 24.0 Å². The summed E-state index contributed by atoms with van der Waals surface area (Å²) in [5, 5.41) is 12.3. The predicted octanol–water partition coefficient (Wildman–Crippen LogP) is 3.38. The van der Waals surface area contributed by atoms with Gasteiger partial charge in [-0.15, -0.1) is 24.0 Å². The second kappa shape index (κ2) is 10.5. The summed E-state index contributed by atoms with van der Waals surface area (Å²) in [6.45, 7) is 7.20. The monoisotopic (exact) mass is 465 g/mol. The van der Waals surface area contributed by atoms with Crippen LogP contribution in [0.4, 0.5) is 0 Å². The smallest absolute Gasteiger partial charge is 0.191 e. The molecule has 0 aliphatic heterocycles. The van der Waals surface area contributed by atoms with E-state index in [4.69, 9.17) is 0 Å². The van der Waals surface area contributed by atoms with E-state index >= 15 is 0 Å². The molecule has 2 atom stereocenters. The van der Waals surface area contributed by atoms with Crippen LogP contribution in [-0.4, -0.2) is 39.8 Å². The van der Waals surface area contributed by atoms with E-state index in [2.05, 4.69) is 53.3 Å². The van der Waals surface area contributed by atoms with Crippen molar-refractivity contribution in [2.75, 3.05) is 12.8 Å². The zero-order valence-corrected chi connectivity index (χ0v) is 18.7. The second-order valence-corrected chi connectivity index (χ2v) is 7.86. The quantitative estimate of drug-likeness (QED) is 0.398. The molecule has 1 aliphatic rings. The van der Waals surface area contributed by atoms with Gasteiger partial charge in [0, 0.05) is 43.2 Å². The third-order valence-corrected chi connectivity index (χ3v) is 5.92. The zero-order chi connectivity index (χ0) is 16.8. The van der Waals surface area contributed by atoms with E-state index in [1.54, 1.807) is 0 Å². The highest BCUT2D eigenvalue weighted by Crippen LogP contribution is 2.28. The van der Waals surface area contributed by atoms with Crippen molar-refractivity contribution < 1.29 is 0 Å². The molecule has 138 valence electrons. The van der Waals surface area contributed by atoms with Crippen LogP contribution in [0.5, 0.6) is 0 Å². The zero-order valence-electron chi connectivity index (χ0n) is 15.6. The van der Waals surface area contributed by atoms with Crippen LogP contribution in [0.2, 0.25) is 0 Å².